The summed E-state index contributed by atoms with van der Waals surface area (Å²) < 4.78 is 14.1. The fourth-order valence-electron chi connectivity index (χ4n) is 4.34. The van der Waals surface area contributed by atoms with E-state index in [4.69, 9.17) is 9.97 Å². The molecule has 4 nitrogen and oxygen atoms in total. The van der Waals surface area contributed by atoms with Crippen molar-refractivity contribution in [3.63, 3.8) is 0 Å². The first kappa shape index (κ1) is 16.9. The van der Waals surface area contributed by atoms with E-state index in [1.165, 1.54) is 41.2 Å². The Labute approximate surface area is 162 Å². The summed E-state index contributed by atoms with van der Waals surface area (Å²) in [7, 11) is 0. The second kappa shape index (κ2) is 6.75. The summed E-state index contributed by atoms with van der Waals surface area (Å²) in [4.78, 5) is 16.7. The van der Waals surface area contributed by atoms with Crippen LogP contribution in [-0.2, 0) is 12.8 Å². The molecule has 3 heterocycles. The van der Waals surface area contributed by atoms with Crippen LogP contribution in [0.4, 0.5) is 15.9 Å². The minimum atomic E-state index is -0.141. The smallest absolute Gasteiger partial charge is 0.146 e. The van der Waals surface area contributed by atoms with Gasteiger partial charge in [-0.3, -0.25) is 0 Å². The largest absolute Gasteiger partial charge is 0.366 e. The molecule has 0 bridgehead atoms. The molecule has 1 fully saturated rings. The molecule has 6 heteroatoms. The van der Waals surface area contributed by atoms with Gasteiger partial charge in [-0.05, 0) is 50.3 Å². The molecule has 0 unspecified atom stereocenters. The van der Waals surface area contributed by atoms with Gasteiger partial charge in [-0.25, -0.2) is 14.4 Å². The highest BCUT2D eigenvalue weighted by Crippen LogP contribution is 2.40. The number of piperazine rings is 1. The van der Waals surface area contributed by atoms with E-state index in [0.717, 1.165) is 49.1 Å². The van der Waals surface area contributed by atoms with Crippen LogP contribution in [0.1, 0.15) is 29.1 Å². The first-order chi connectivity index (χ1) is 13.2. The molecule has 5 rings (SSSR count). The zero-order valence-electron chi connectivity index (χ0n) is 15.5. The first-order valence-electron chi connectivity index (χ1n) is 9.74. The number of hydrogen-bond donors (Lipinski definition) is 0. The van der Waals surface area contributed by atoms with Crippen molar-refractivity contribution in [1.82, 2.24) is 9.97 Å². The third-order valence-electron chi connectivity index (χ3n) is 5.68. The third-order valence-corrected chi connectivity index (χ3v) is 6.87. The lowest BCUT2D eigenvalue weighted by Crippen LogP contribution is -2.47. The highest BCUT2D eigenvalue weighted by atomic mass is 32.1. The molecular formula is C21H23FN4S. The van der Waals surface area contributed by atoms with E-state index in [2.05, 4.69) is 9.80 Å². The SMILES string of the molecule is Cc1nc(N2CCN(c3ccccc3F)CC2)c2c3c(sc2n1)CCCC3. The van der Waals surface area contributed by atoms with Crippen LogP contribution in [0.3, 0.4) is 0 Å². The Balaban J connectivity index is 1.47. The zero-order chi connectivity index (χ0) is 18.4. The monoisotopic (exact) mass is 382 g/mol. The van der Waals surface area contributed by atoms with Gasteiger partial charge in [-0.2, -0.15) is 0 Å². The third kappa shape index (κ3) is 2.96. The van der Waals surface area contributed by atoms with Gasteiger partial charge in [0.05, 0.1) is 11.1 Å². The molecule has 27 heavy (non-hydrogen) atoms. The van der Waals surface area contributed by atoms with E-state index in [1.54, 1.807) is 6.07 Å². The van der Waals surface area contributed by atoms with Crippen LogP contribution < -0.4 is 9.80 Å². The highest BCUT2D eigenvalue weighted by molar-refractivity contribution is 7.19. The van der Waals surface area contributed by atoms with E-state index in [0.29, 0.717) is 5.69 Å². The van der Waals surface area contributed by atoms with Crippen LogP contribution in [0.15, 0.2) is 24.3 Å². The Morgan fingerprint density at radius 1 is 0.963 bits per heavy atom. The second-order valence-electron chi connectivity index (χ2n) is 7.41. The molecular weight excluding hydrogens is 359 g/mol. The van der Waals surface area contributed by atoms with E-state index < -0.39 is 0 Å². The first-order valence-corrected chi connectivity index (χ1v) is 10.6. The van der Waals surface area contributed by atoms with Gasteiger partial charge in [-0.1, -0.05) is 12.1 Å². The summed E-state index contributed by atoms with van der Waals surface area (Å²) in [6.45, 7) is 5.29. The van der Waals surface area contributed by atoms with Gasteiger partial charge in [0, 0.05) is 31.1 Å². The maximum absolute atomic E-state index is 14.1. The highest BCUT2D eigenvalue weighted by Gasteiger charge is 2.26. The number of anilines is 2. The van der Waals surface area contributed by atoms with Gasteiger partial charge in [0.2, 0.25) is 0 Å². The summed E-state index contributed by atoms with van der Waals surface area (Å²) in [5.41, 5.74) is 2.18. The van der Waals surface area contributed by atoms with Gasteiger partial charge in [0.15, 0.2) is 0 Å². The Morgan fingerprint density at radius 3 is 2.52 bits per heavy atom. The lowest BCUT2D eigenvalue weighted by molar-refractivity contribution is 0.596. The van der Waals surface area contributed by atoms with Crippen LogP contribution in [-0.4, -0.2) is 36.1 Å². The zero-order valence-corrected chi connectivity index (χ0v) is 16.4. The van der Waals surface area contributed by atoms with Gasteiger partial charge in [0.1, 0.15) is 22.3 Å². The van der Waals surface area contributed by atoms with E-state index in [1.807, 2.05) is 30.4 Å². The molecule has 0 saturated carbocycles. The standard InChI is InChI=1S/C21H23FN4S/c1-14-23-20(19-15-6-2-5-9-18(15)27-21(19)24-14)26-12-10-25(11-13-26)17-8-4-3-7-16(17)22/h3-4,7-8H,2,5-6,9-13H2,1H3. The summed E-state index contributed by atoms with van der Waals surface area (Å²) in [5, 5.41) is 1.28. The number of nitrogens with zero attached hydrogens (tertiary/aromatic N) is 4. The number of fused-ring (bicyclic) bond motifs is 3. The second-order valence-corrected chi connectivity index (χ2v) is 8.49. The van der Waals surface area contributed by atoms with Crippen LogP contribution in [0, 0.1) is 12.7 Å². The van der Waals surface area contributed by atoms with Crippen molar-refractivity contribution in [2.45, 2.75) is 32.6 Å². The lowest BCUT2D eigenvalue weighted by Gasteiger charge is -2.37. The molecule has 0 N–H and O–H groups in total. The van der Waals surface area contributed by atoms with Crippen molar-refractivity contribution >= 4 is 33.1 Å². The predicted octanol–water partition coefficient (Wildman–Crippen LogP) is 4.34. The molecule has 0 amide bonds. The number of benzene rings is 1. The maximum Gasteiger partial charge on any atom is 0.146 e. The number of halogens is 1. The Hall–Kier alpha value is -2.21. The van der Waals surface area contributed by atoms with Gasteiger partial charge in [-0.15, -0.1) is 11.3 Å². The molecule has 2 aliphatic rings. The van der Waals surface area contributed by atoms with Crippen molar-refractivity contribution < 1.29 is 4.39 Å². The number of aromatic nitrogens is 2. The fourth-order valence-corrected chi connectivity index (χ4v) is 5.64. The minimum Gasteiger partial charge on any atom is -0.366 e. The van der Waals surface area contributed by atoms with Crippen molar-refractivity contribution in [2.24, 2.45) is 0 Å². The number of thiophene rings is 1. The van der Waals surface area contributed by atoms with Crippen molar-refractivity contribution in [3.8, 4) is 0 Å². The van der Waals surface area contributed by atoms with Crippen molar-refractivity contribution in [2.75, 3.05) is 36.0 Å². The van der Waals surface area contributed by atoms with Crippen LogP contribution in [0.5, 0.6) is 0 Å². The van der Waals surface area contributed by atoms with E-state index in [-0.39, 0.29) is 5.82 Å². The number of hydrogen-bond acceptors (Lipinski definition) is 5. The minimum absolute atomic E-state index is 0.141. The van der Waals surface area contributed by atoms with Gasteiger partial charge in [0.25, 0.3) is 0 Å². The molecule has 1 saturated heterocycles. The molecule has 0 atom stereocenters. The average molecular weight is 383 g/mol. The number of para-hydroxylation sites is 1. The number of rotatable bonds is 2. The molecule has 140 valence electrons. The van der Waals surface area contributed by atoms with E-state index in [9.17, 15) is 4.39 Å². The summed E-state index contributed by atoms with van der Waals surface area (Å²) in [6.07, 6.45) is 4.86. The topological polar surface area (TPSA) is 32.3 Å². The number of aryl methyl sites for hydroxylation is 3. The van der Waals surface area contributed by atoms with Crippen LogP contribution in [0.2, 0.25) is 0 Å². The average Bonchev–Trinajstić information content (AvgIpc) is 3.06. The maximum atomic E-state index is 14.1. The van der Waals surface area contributed by atoms with Gasteiger partial charge < -0.3 is 9.80 Å². The normalized spacial score (nSPS) is 17.4. The molecule has 1 aromatic carbocycles. The molecule has 0 spiro atoms. The molecule has 2 aromatic heterocycles. The van der Waals surface area contributed by atoms with Crippen LogP contribution >= 0.6 is 11.3 Å². The molecule has 1 aliphatic heterocycles. The summed E-state index contributed by atoms with van der Waals surface area (Å²) >= 11 is 1.85. The predicted molar refractivity (Wildman–Crippen MR) is 110 cm³/mol. The van der Waals surface area contributed by atoms with E-state index >= 15 is 0 Å². The van der Waals surface area contributed by atoms with Gasteiger partial charge >= 0.3 is 0 Å². The lowest BCUT2D eigenvalue weighted by atomic mass is 9.97. The Morgan fingerprint density at radius 2 is 1.70 bits per heavy atom. The van der Waals surface area contributed by atoms with Crippen molar-refractivity contribution in [1.29, 1.82) is 0 Å². The molecule has 1 aliphatic carbocycles. The summed E-state index contributed by atoms with van der Waals surface area (Å²) in [6, 6.07) is 7.05. The fraction of sp³-hybridized carbons (Fsp3) is 0.429. The molecule has 3 aromatic rings. The van der Waals surface area contributed by atoms with Crippen molar-refractivity contribution in [3.05, 3.63) is 46.3 Å². The summed E-state index contributed by atoms with van der Waals surface area (Å²) in [5.74, 6) is 1.79. The Kier molecular flexibility index (Phi) is 4.23. The molecule has 0 radical (unpaired) electrons. The quantitative estimate of drug-likeness (QED) is 0.660. The van der Waals surface area contributed by atoms with Crippen LogP contribution in [0.25, 0.3) is 10.2 Å². The Bertz CT molecular complexity index is 991.